The highest BCUT2D eigenvalue weighted by Crippen LogP contribution is 2.26. The largest absolute Gasteiger partial charge is 0.496 e. The smallest absolute Gasteiger partial charge is 0.123 e. The van der Waals surface area contributed by atoms with E-state index in [2.05, 4.69) is 62.5 Å². The van der Waals surface area contributed by atoms with Crippen LogP contribution in [0.25, 0.3) is 0 Å². The molecule has 2 rings (SSSR count). The van der Waals surface area contributed by atoms with E-state index in [9.17, 15) is 0 Å². The van der Waals surface area contributed by atoms with Gasteiger partial charge in [-0.2, -0.15) is 0 Å². The first kappa shape index (κ1) is 14.6. The van der Waals surface area contributed by atoms with E-state index in [1.807, 2.05) is 6.07 Å². The number of aryl methyl sites for hydroxylation is 2. The topological polar surface area (TPSA) is 21.3 Å². The van der Waals surface area contributed by atoms with E-state index in [0.29, 0.717) is 0 Å². The molecule has 0 heterocycles. The van der Waals surface area contributed by atoms with Gasteiger partial charge >= 0.3 is 0 Å². The monoisotopic (exact) mass is 269 g/mol. The third-order valence-corrected chi connectivity index (χ3v) is 3.71. The van der Waals surface area contributed by atoms with Crippen molar-refractivity contribution in [3.63, 3.8) is 0 Å². The van der Waals surface area contributed by atoms with Crippen LogP contribution in [-0.4, -0.2) is 7.11 Å². The zero-order valence-corrected chi connectivity index (χ0v) is 12.7. The second-order valence-electron chi connectivity index (χ2n) is 5.27. The van der Waals surface area contributed by atoms with Crippen LogP contribution in [0.5, 0.6) is 5.75 Å². The molecule has 2 aromatic carbocycles. The van der Waals surface area contributed by atoms with Gasteiger partial charge in [-0.05, 0) is 38.0 Å². The highest BCUT2D eigenvalue weighted by atomic mass is 16.5. The molecule has 1 unspecified atom stereocenters. The van der Waals surface area contributed by atoms with E-state index in [1.54, 1.807) is 7.11 Å². The van der Waals surface area contributed by atoms with Crippen molar-refractivity contribution in [2.75, 3.05) is 7.11 Å². The van der Waals surface area contributed by atoms with E-state index >= 15 is 0 Å². The fraction of sp³-hybridized carbons (Fsp3) is 0.333. The van der Waals surface area contributed by atoms with Crippen LogP contribution >= 0.6 is 0 Å². The van der Waals surface area contributed by atoms with Crippen LogP contribution in [0.4, 0.5) is 0 Å². The number of nitrogens with one attached hydrogen (secondary N) is 1. The van der Waals surface area contributed by atoms with Gasteiger partial charge in [-0.25, -0.2) is 0 Å². The molecule has 0 fully saturated rings. The van der Waals surface area contributed by atoms with E-state index in [1.165, 1.54) is 22.3 Å². The highest BCUT2D eigenvalue weighted by molar-refractivity contribution is 5.39. The van der Waals surface area contributed by atoms with Gasteiger partial charge in [0.05, 0.1) is 7.11 Å². The van der Waals surface area contributed by atoms with E-state index in [4.69, 9.17) is 4.74 Å². The fourth-order valence-corrected chi connectivity index (χ4v) is 2.37. The maximum absolute atomic E-state index is 5.46. The molecule has 106 valence electrons. The third kappa shape index (κ3) is 3.40. The predicted octanol–water partition coefficient (Wildman–Crippen LogP) is 4.16. The van der Waals surface area contributed by atoms with Crippen LogP contribution < -0.4 is 10.1 Å². The van der Waals surface area contributed by atoms with E-state index in [-0.39, 0.29) is 6.04 Å². The highest BCUT2D eigenvalue weighted by Gasteiger charge is 2.11. The number of rotatable bonds is 5. The molecule has 20 heavy (non-hydrogen) atoms. The second-order valence-corrected chi connectivity index (χ2v) is 5.27. The summed E-state index contributed by atoms with van der Waals surface area (Å²) in [5.41, 5.74) is 5.13. The van der Waals surface area contributed by atoms with Crippen LogP contribution in [0.3, 0.4) is 0 Å². The predicted molar refractivity (Wildman–Crippen MR) is 84.2 cm³/mol. The summed E-state index contributed by atoms with van der Waals surface area (Å²) in [6.07, 6.45) is 0. The lowest BCUT2D eigenvalue weighted by atomic mass is 10.0. The lowest BCUT2D eigenvalue weighted by Gasteiger charge is -2.18. The van der Waals surface area contributed by atoms with Crippen LogP contribution in [0.2, 0.25) is 0 Å². The first-order valence-electron chi connectivity index (χ1n) is 7.04. The lowest BCUT2D eigenvalue weighted by molar-refractivity contribution is 0.401. The summed E-state index contributed by atoms with van der Waals surface area (Å²) >= 11 is 0. The Hall–Kier alpha value is -1.80. The Morgan fingerprint density at radius 1 is 1.10 bits per heavy atom. The molecule has 0 saturated carbocycles. The molecular formula is C18H23NO. The maximum atomic E-state index is 5.46. The fourth-order valence-electron chi connectivity index (χ4n) is 2.37. The SMILES string of the molecule is COc1ccc(C)cc1C(C)NCc1ccccc1C. The Labute approximate surface area is 121 Å². The van der Waals surface area contributed by atoms with Crippen molar-refractivity contribution in [1.29, 1.82) is 0 Å². The molecule has 0 bridgehead atoms. The number of hydrogen-bond donors (Lipinski definition) is 1. The van der Waals surface area contributed by atoms with Gasteiger partial charge in [0.15, 0.2) is 0 Å². The summed E-state index contributed by atoms with van der Waals surface area (Å²) in [6, 6.07) is 15.0. The van der Waals surface area contributed by atoms with Gasteiger partial charge in [-0.1, -0.05) is 42.0 Å². The summed E-state index contributed by atoms with van der Waals surface area (Å²) in [4.78, 5) is 0. The normalized spacial score (nSPS) is 12.2. The Morgan fingerprint density at radius 3 is 2.55 bits per heavy atom. The molecule has 2 heteroatoms. The van der Waals surface area contributed by atoms with Crippen molar-refractivity contribution < 1.29 is 4.74 Å². The van der Waals surface area contributed by atoms with Crippen molar-refractivity contribution in [2.24, 2.45) is 0 Å². The second kappa shape index (κ2) is 6.58. The van der Waals surface area contributed by atoms with Crippen molar-refractivity contribution in [2.45, 2.75) is 33.4 Å². The third-order valence-electron chi connectivity index (χ3n) is 3.71. The first-order valence-corrected chi connectivity index (χ1v) is 7.04. The average molecular weight is 269 g/mol. The maximum Gasteiger partial charge on any atom is 0.123 e. The van der Waals surface area contributed by atoms with E-state index in [0.717, 1.165) is 12.3 Å². The van der Waals surface area contributed by atoms with Crippen molar-refractivity contribution in [3.8, 4) is 5.75 Å². The lowest BCUT2D eigenvalue weighted by Crippen LogP contribution is -2.19. The molecule has 0 aliphatic heterocycles. The van der Waals surface area contributed by atoms with Gasteiger partial charge in [-0.3, -0.25) is 0 Å². The molecule has 0 radical (unpaired) electrons. The molecule has 0 spiro atoms. The van der Waals surface area contributed by atoms with Crippen molar-refractivity contribution >= 4 is 0 Å². The van der Waals surface area contributed by atoms with Crippen LogP contribution in [0, 0.1) is 13.8 Å². The van der Waals surface area contributed by atoms with Gasteiger partial charge in [0, 0.05) is 18.2 Å². The van der Waals surface area contributed by atoms with Crippen molar-refractivity contribution in [3.05, 3.63) is 64.7 Å². The molecule has 0 saturated heterocycles. The van der Waals surface area contributed by atoms with Crippen molar-refractivity contribution in [1.82, 2.24) is 5.32 Å². The summed E-state index contributed by atoms with van der Waals surface area (Å²) < 4.78 is 5.46. The van der Waals surface area contributed by atoms with Gasteiger partial charge in [0.25, 0.3) is 0 Å². The Balaban J connectivity index is 2.11. The average Bonchev–Trinajstić information content (AvgIpc) is 2.46. The summed E-state index contributed by atoms with van der Waals surface area (Å²) in [5, 5.41) is 3.58. The van der Waals surface area contributed by atoms with Gasteiger partial charge < -0.3 is 10.1 Å². The Morgan fingerprint density at radius 2 is 1.85 bits per heavy atom. The number of benzene rings is 2. The quantitative estimate of drug-likeness (QED) is 0.880. The summed E-state index contributed by atoms with van der Waals surface area (Å²) in [5.74, 6) is 0.945. The first-order chi connectivity index (χ1) is 9.61. The van der Waals surface area contributed by atoms with Crippen LogP contribution in [0.1, 0.15) is 35.2 Å². The number of hydrogen-bond acceptors (Lipinski definition) is 2. The minimum atomic E-state index is 0.254. The summed E-state index contributed by atoms with van der Waals surface area (Å²) in [7, 11) is 1.72. The zero-order valence-electron chi connectivity index (χ0n) is 12.7. The molecule has 0 amide bonds. The molecule has 1 atom stereocenters. The summed E-state index contributed by atoms with van der Waals surface area (Å²) in [6.45, 7) is 7.30. The Kier molecular flexibility index (Phi) is 4.80. The molecule has 0 aromatic heterocycles. The van der Waals surface area contributed by atoms with Crippen LogP contribution in [-0.2, 0) is 6.54 Å². The van der Waals surface area contributed by atoms with Crippen LogP contribution in [0.15, 0.2) is 42.5 Å². The number of methoxy groups -OCH3 is 1. The zero-order chi connectivity index (χ0) is 14.5. The Bertz CT molecular complexity index is 577. The standard InChI is InChI=1S/C18H23NO/c1-13-9-10-18(20-4)17(11-13)15(3)19-12-16-8-6-5-7-14(16)2/h5-11,15,19H,12H2,1-4H3. The molecular weight excluding hydrogens is 246 g/mol. The van der Waals surface area contributed by atoms with Gasteiger partial charge in [0.2, 0.25) is 0 Å². The number of ether oxygens (including phenoxy) is 1. The molecule has 2 aromatic rings. The van der Waals surface area contributed by atoms with Gasteiger partial charge in [-0.15, -0.1) is 0 Å². The minimum absolute atomic E-state index is 0.254. The molecule has 1 N–H and O–H groups in total. The molecule has 0 aliphatic rings. The molecule has 2 nitrogen and oxygen atoms in total. The minimum Gasteiger partial charge on any atom is -0.496 e. The molecule has 0 aliphatic carbocycles. The van der Waals surface area contributed by atoms with E-state index < -0.39 is 0 Å². The van der Waals surface area contributed by atoms with Gasteiger partial charge in [0.1, 0.15) is 5.75 Å².